The monoisotopic (exact) mass is 483 g/mol. The Hall–Kier alpha value is -3.35. The highest BCUT2D eigenvalue weighted by Gasteiger charge is 2.14. The van der Waals surface area contributed by atoms with Crippen LogP contribution in [-0.4, -0.2) is 30.1 Å². The Balaban J connectivity index is 1.91. The Morgan fingerprint density at radius 2 is 1.57 bits per heavy atom. The highest BCUT2D eigenvalue weighted by atomic mass is 16.7. The van der Waals surface area contributed by atoms with Crippen LogP contribution >= 0.6 is 0 Å². The first-order valence-electron chi connectivity index (χ1n) is 12.5. The molecule has 2 rings (SSSR count). The van der Waals surface area contributed by atoms with Gasteiger partial charge in [0.1, 0.15) is 11.5 Å². The minimum atomic E-state index is -1.38. The number of benzene rings is 2. The summed E-state index contributed by atoms with van der Waals surface area (Å²) in [4.78, 5) is 28.5. The number of nitrogens with zero attached hydrogens (tertiary/aromatic N) is 1. The fourth-order valence-electron chi connectivity index (χ4n) is 3.57. The second-order valence-corrected chi connectivity index (χ2v) is 8.45. The molecule has 2 aromatic carbocycles. The second-order valence-electron chi connectivity index (χ2n) is 8.45. The average molecular weight is 484 g/mol. The molecule has 0 aliphatic heterocycles. The number of aryl methyl sites for hydroxylation is 1. The molecule has 0 saturated carbocycles. The van der Waals surface area contributed by atoms with Crippen molar-refractivity contribution in [2.24, 2.45) is 5.16 Å². The van der Waals surface area contributed by atoms with Crippen LogP contribution < -0.4 is 9.47 Å². The Morgan fingerprint density at radius 1 is 0.886 bits per heavy atom. The zero-order valence-electron chi connectivity index (χ0n) is 20.8. The number of unbranched alkanes of at least 4 members (excludes halogenated alkanes) is 7. The van der Waals surface area contributed by atoms with Crippen molar-refractivity contribution in [3.63, 3.8) is 0 Å². The van der Waals surface area contributed by atoms with E-state index in [0.29, 0.717) is 18.6 Å². The molecular formula is C28H37NO6. The van der Waals surface area contributed by atoms with Gasteiger partial charge >= 0.3 is 12.1 Å². The summed E-state index contributed by atoms with van der Waals surface area (Å²) in [6.07, 6.45) is 10.7. The van der Waals surface area contributed by atoms with Gasteiger partial charge in [-0.05, 0) is 72.9 Å². The number of carboxylic acid groups (broad SMARTS) is 1. The summed E-state index contributed by atoms with van der Waals surface area (Å²) in [5.41, 5.74) is 1.72. The Kier molecular flexibility index (Phi) is 13.0. The van der Waals surface area contributed by atoms with Crippen LogP contribution in [0.1, 0.15) is 93.1 Å². The number of oxime groups is 1. The molecule has 0 radical (unpaired) electrons. The van der Waals surface area contributed by atoms with Crippen LogP contribution in [0.4, 0.5) is 4.79 Å². The average Bonchev–Trinajstić information content (AvgIpc) is 2.85. The molecule has 2 aromatic rings. The van der Waals surface area contributed by atoms with E-state index in [0.717, 1.165) is 49.8 Å². The lowest BCUT2D eigenvalue weighted by Crippen LogP contribution is -2.08. The van der Waals surface area contributed by atoms with Crippen molar-refractivity contribution in [1.29, 1.82) is 0 Å². The van der Waals surface area contributed by atoms with Crippen molar-refractivity contribution in [3.8, 4) is 11.5 Å². The van der Waals surface area contributed by atoms with Crippen LogP contribution in [0, 0.1) is 0 Å². The van der Waals surface area contributed by atoms with Crippen LogP contribution in [0.5, 0.6) is 11.5 Å². The molecule has 0 saturated heterocycles. The van der Waals surface area contributed by atoms with Gasteiger partial charge in [-0.2, -0.15) is 0 Å². The molecule has 7 nitrogen and oxygen atoms in total. The molecule has 0 fully saturated rings. The molecule has 0 aliphatic carbocycles. The maximum atomic E-state index is 12.5. The lowest BCUT2D eigenvalue weighted by molar-refractivity contribution is 0.0519. The van der Waals surface area contributed by atoms with Gasteiger partial charge in [0.25, 0.3) is 0 Å². The molecule has 7 heteroatoms. The Labute approximate surface area is 208 Å². The van der Waals surface area contributed by atoms with Gasteiger partial charge in [-0.15, -0.1) is 0 Å². The number of hydrogen-bond donors (Lipinski definition) is 1. The van der Waals surface area contributed by atoms with E-state index in [1.165, 1.54) is 37.6 Å². The number of carbonyl (C=O) groups is 2. The topological polar surface area (TPSA) is 94.4 Å². The third-order valence-electron chi connectivity index (χ3n) is 5.53. The standard InChI is InChI=1S/C28H37NO6/c1-3-5-7-9-10-12-23-20-24(15-18-26(23)34-28(31)32)27(30)35-29-21-22-13-16-25(17-14-22)33-19-11-8-6-4-2/h13-18,20-21H,3-12,19H2,1-2H3,(H,31,32). The molecule has 0 unspecified atom stereocenters. The van der Waals surface area contributed by atoms with Gasteiger partial charge in [-0.25, -0.2) is 9.59 Å². The molecule has 0 bridgehead atoms. The van der Waals surface area contributed by atoms with Crippen LogP contribution in [0.2, 0.25) is 0 Å². The highest BCUT2D eigenvalue weighted by Crippen LogP contribution is 2.24. The van der Waals surface area contributed by atoms with Crippen molar-refractivity contribution in [2.45, 2.75) is 78.1 Å². The van der Waals surface area contributed by atoms with Gasteiger partial charge < -0.3 is 19.4 Å². The smallest absolute Gasteiger partial charge is 0.494 e. The first kappa shape index (κ1) is 27.9. The zero-order valence-corrected chi connectivity index (χ0v) is 20.8. The molecule has 0 atom stereocenters. The van der Waals surface area contributed by atoms with Gasteiger partial charge in [-0.1, -0.05) is 63.9 Å². The lowest BCUT2D eigenvalue weighted by atomic mass is 10.0. The van der Waals surface area contributed by atoms with E-state index in [2.05, 4.69) is 19.0 Å². The van der Waals surface area contributed by atoms with Gasteiger partial charge in [0.15, 0.2) is 0 Å². The molecular weight excluding hydrogens is 446 g/mol. The molecule has 190 valence electrons. The maximum absolute atomic E-state index is 12.5. The van der Waals surface area contributed by atoms with E-state index in [1.807, 2.05) is 24.3 Å². The predicted octanol–water partition coefficient (Wildman–Crippen LogP) is 7.41. The summed E-state index contributed by atoms with van der Waals surface area (Å²) in [5.74, 6) is 0.407. The summed E-state index contributed by atoms with van der Waals surface area (Å²) >= 11 is 0. The van der Waals surface area contributed by atoms with E-state index >= 15 is 0 Å². The van der Waals surface area contributed by atoms with Gasteiger partial charge in [0.05, 0.1) is 18.4 Å². The molecule has 0 aliphatic rings. The minimum absolute atomic E-state index is 0.237. The highest BCUT2D eigenvalue weighted by molar-refractivity contribution is 5.90. The third kappa shape index (κ3) is 11.1. The summed E-state index contributed by atoms with van der Waals surface area (Å²) in [6, 6.07) is 12.0. The van der Waals surface area contributed by atoms with Crippen molar-refractivity contribution in [2.75, 3.05) is 6.61 Å². The van der Waals surface area contributed by atoms with Crippen molar-refractivity contribution < 1.29 is 29.0 Å². The largest absolute Gasteiger partial charge is 0.511 e. The number of rotatable bonds is 16. The normalized spacial score (nSPS) is 10.9. The molecule has 35 heavy (non-hydrogen) atoms. The van der Waals surface area contributed by atoms with Crippen LogP contribution in [0.3, 0.4) is 0 Å². The minimum Gasteiger partial charge on any atom is -0.494 e. The second kappa shape index (κ2) is 16.3. The Morgan fingerprint density at radius 3 is 2.26 bits per heavy atom. The number of ether oxygens (including phenoxy) is 2. The zero-order chi connectivity index (χ0) is 25.3. The van der Waals surface area contributed by atoms with Gasteiger partial charge in [0.2, 0.25) is 0 Å². The molecule has 0 amide bonds. The Bertz CT molecular complexity index is 939. The van der Waals surface area contributed by atoms with Crippen molar-refractivity contribution in [1.82, 2.24) is 0 Å². The maximum Gasteiger partial charge on any atom is 0.511 e. The van der Waals surface area contributed by atoms with Crippen molar-refractivity contribution >= 4 is 18.3 Å². The van der Waals surface area contributed by atoms with E-state index in [4.69, 9.17) is 19.4 Å². The third-order valence-corrected chi connectivity index (χ3v) is 5.53. The summed E-state index contributed by atoms with van der Waals surface area (Å²) < 4.78 is 10.6. The molecule has 0 spiro atoms. The van der Waals surface area contributed by atoms with Crippen LogP contribution in [0.25, 0.3) is 0 Å². The van der Waals surface area contributed by atoms with E-state index in [1.54, 1.807) is 6.07 Å². The van der Waals surface area contributed by atoms with Gasteiger partial charge in [0, 0.05) is 0 Å². The number of carbonyl (C=O) groups excluding carboxylic acids is 1. The summed E-state index contributed by atoms with van der Waals surface area (Å²) in [6.45, 7) is 5.03. The van der Waals surface area contributed by atoms with E-state index in [-0.39, 0.29) is 11.3 Å². The molecule has 1 N–H and O–H groups in total. The van der Waals surface area contributed by atoms with E-state index in [9.17, 15) is 9.59 Å². The van der Waals surface area contributed by atoms with Crippen LogP contribution in [0.15, 0.2) is 47.6 Å². The fourth-order valence-corrected chi connectivity index (χ4v) is 3.57. The van der Waals surface area contributed by atoms with Gasteiger partial charge in [-0.3, -0.25) is 0 Å². The van der Waals surface area contributed by atoms with Crippen LogP contribution in [-0.2, 0) is 11.3 Å². The number of hydrogen-bond acceptors (Lipinski definition) is 6. The van der Waals surface area contributed by atoms with E-state index < -0.39 is 12.1 Å². The summed E-state index contributed by atoms with van der Waals surface area (Å²) in [7, 11) is 0. The lowest BCUT2D eigenvalue weighted by Gasteiger charge is -2.10. The fraction of sp³-hybridized carbons (Fsp3) is 0.464. The summed E-state index contributed by atoms with van der Waals surface area (Å²) in [5, 5.41) is 12.8. The molecule has 0 heterocycles. The molecule has 0 aromatic heterocycles. The quantitative estimate of drug-likeness (QED) is 0.0667. The first-order valence-corrected chi connectivity index (χ1v) is 12.5. The van der Waals surface area contributed by atoms with Crippen molar-refractivity contribution in [3.05, 3.63) is 59.2 Å². The SMILES string of the molecule is CCCCCCCc1cc(C(=O)ON=Cc2ccc(OCCCCCC)cc2)ccc1OC(=O)O. The predicted molar refractivity (Wildman–Crippen MR) is 137 cm³/mol. The first-order chi connectivity index (χ1) is 17.0.